The number of hydrogen-bond donors (Lipinski definition) is 0. The lowest BCUT2D eigenvalue weighted by atomic mass is 9.88. The van der Waals surface area contributed by atoms with Crippen molar-refractivity contribution >= 4 is 11.3 Å². The van der Waals surface area contributed by atoms with Crippen LogP contribution in [-0.4, -0.2) is 5.60 Å². The summed E-state index contributed by atoms with van der Waals surface area (Å²) in [6.07, 6.45) is 1.99. The van der Waals surface area contributed by atoms with E-state index in [9.17, 15) is 0 Å². The first kappa shape index (κ1) is 14.2. The summed E-state index contributed by atoms with van der Waals surface area (Å²) in [5, 5.41) is 2.06. The molecule has 21 heavy (non-hydrogen) atoms. The highest BCUT2D eigenvalue weighted by Crippen LogP contribution is 2.38. The predicted octanol–water partition coefficient (Wildman–Crippen LogP) is 4.81. The molecule has 1 aromatic heterocycles. The van der Waals surface area contributed by atoms with Crippen molar-refractivity contribution in [3.8, 4) is 17.6 Å². The van der Waals surface area contributed by atoms with E-state index in [0.717, 1.165) is 23.5 Å². The first-order chi connectivity index (χ1) is 9.98. The van der Waals surface area contributed by atoms with E-state index in [-0.39, 0.29) is 5.60 Å². The summed E-state index contributed by atoms with van der Waals surface area (Å²) >= 11 is 1.67. The molecule has 0 fully saturated rings. The van der Waals surface area contributed by atoms with Crippen LogP contribution in [0.25, 0.3) is 0 Å². The minimum absolute atomic E-state index is 0.387. The molecule has 0 amide bonds. The van der Waals surface area contributed by atoms with Crippen LogP contribution in [-0.2, 0) is 6.42 Å². The zero-order chi connectivity index (χ0) is 15.0. The van der Waals surface area contributed by atoms with E-state index in [4.69, 9.17) is 4.74 Å². The molecule has 1 nitrogen and oxygen atoms in total. The van der Waals surface area contributed by atoms with Crippen molar-refractivity contribution in [2.24, 2.45) is 0 Å². The first-order valence-electron chi connectivity index (χ1n) is 7.34. The standard InChI is InChI=1S/C19H20OS/c1-13-12-14(2)17-8-10-19(4,20-18(17)15(13)3)9-7-16-6-5-11-21-16/h5-6,11-12H,8,10H2,1-4H3. The fourth-order valence-electron chi connectivity index (χ4n) is 2.82. The Bertz CT molecular complexity index is 731. The lowest BCUT2D eigenvalue weighted by Crippen LogP contribution is -2.35. The highest BCUT2D eigenvalue weighted by molar-refractivity contribution is 7.10. The van der Waals surface area contributed by atoms with Gasteiger partial charge in [0.25, 0.3) is 0 Å². The topological polar surface area (TPSA) is 9.23 Å². The van der Waals surface area contributed by atoms with Crippen molar-refractivity contribution < 1.29 is 4.74 Å². The maximum atomic E-state index is 6.34. The first-order valence-corrected chi connectivity index (χ1v) is 8.22. The molecule has 1 aliphatic heterocycles. The maximum absolute atomic E-state index is 6.34. The summed E-state index contributed by atoms with van der Waals surface area (Å²) in [5.74, 6) is 7.66. The Labute approximate surface area is 131 Å². The van der Waals surface area contributed by atoms with E-state index >= 15 is 0 Å². The number of ether oxygens (including phenoxy) is 1. The summed E-state index contributed by atoms with van der Waals surface area (Å²) < 4.78 is 6.34. The molecule has 0 saturated carbocycles. The minimum Gasteiger partial charge on any atom is -0.474 e. The third kappa shape index (κ3) is 2.71. The van der Waals surface area contributed by atoms with Gasteiger partial charge in [0.1, 0.15) is 5.75 Å². The van der Waals surface area contributed by atoms with Crippen LogP contribution in [0.4, 0.5) is 0 Å². The minimum atomic E-state index is -0.387. The van der Waals surface area contributed by atoms with E-state index in [1.54, 1.807) is 11.3 Å². The van der Waals surface area contributed by atoms with Crippen LogP contribution in [0.3, 0.4) is 0 Å². The molecule has 0 N–H and O–H groups in total. The molecule has 1 unspecified atom stereocenters. The van der Waals surface area contributed by atoms with E-state index in [1.807, 2.05) is 6.07 Å². The fourth-order valence-corrected chi connectivity index (χ4v) is 3.40. The largest absolute Gasteiger partial charge is 0.474 e. The summed E-state index contributed by atoms with van der Waals surface area (Å²) in [6, 6.07) is 6.35. The molecule has 0 spiro atoms. The molecular weight excluding hydrogens is 276 g/mol. The van der Waals surface area contributed by atoms with Gasteiger partial charge in [-0.3, -0.25) is 0 Å². The van der Waals surface area contributed by atoms with Crippen LogP contribution >= 0.6 is 11.3 Å². The quantitative estimate of drug-likeness (QED) is 0.634. The molecule has 1 aliphatic rings. The molecule has 1 atom stereocenters. The van der Waals surface area contributed by atoms with Crippen molar-refractivity contribution in [1.82, 2.24) is 0 Å². The van der Waals surface area contributed by atoms with Gasteiger partial charge in [-0.05, 0) is 73.7 Å². The highest BCUT2D eigenvalue weighted by Gasteiger charge is 2.31. The van der Waals surface area contributed by atoms with E-state index < -0.39 is 0 Å². The normalized spacial score (nSPS) is 20.2. The summed E-state index contributed by atoms with van der Waals surface area (Å²) in [6.45, 7) is 8.57. The Balaban J connectivity index is 1.97. The van der Waals surface area contributed by atoms with Gasteiger partial charge in [-0.15, -0.1) is 11.3 Å². The third-order valence-corrected chi connectivity index (χ3v) is 5.05. The molecule has 2 heteroatoms. The average Bonchev–Trinajstić information content (AvgIpc) is 2.96. The van der Waals surface area contributed by atoms with Crippen LogP contribution in [0.5, 0.6) is 5.75 Å². The van der Waals surface area contributed by atoms with E-state index in [0.29, 0.717) is 0 Å². The van der Waals surface area contributed by atoms with Gasteiger partial charge in [0.2, 0.25) is 0 Å². The smallest absolute Gasteiger partial charge is 0.167 e. The molecule has 0 radical (unpaired) electrons. The van der Waals surface area contributed by atoms with Crippen LogP contribution in [0.15, 0.2) is 23.6 Å². The number of hydrogen-bond acceptors (Lipinski definition) is 2. The van der Waals surface area contributed by atoms with Crippen LogP contribution in [0, 0.1) is 32.6 Å². The van der Waals surface area contributed by atoms with Crippen molar-refractivity contribution in [1.29, 1.82) is 0 Å². The average molecular weight is 296 g/mol. The van der Waals surface area contributed by atoms with Crippen LogP contribution < -0.4 is 4.74 Å². The number of thiophene rings is 1. The highest BCUT2D eigenvalue weighted by atomic mass is 32.1. The van der Waals surface area contributed by atoms with Crippen molar-refractivity contribution in [2.75, 3.05) is 0 Å². The predicted molar refractivity (Wildman–Crippen MR) is 89.2 cm³/mol. The summed E-state index contributed by atoms with van der Waals surface area (Å²) in [5.41, 5.74) is 4.85. The van der Waals surface area contributed by atoms with Gasteiger partial charge in [-0.2, -0.15) is 0 Å². The molecule has 2 heterocycles. The molecule has 0 aliphatic carbocycles. The Morgan fingerprint density at radius 1 is 1.24 bits per heavy atom. The monoisotopic (exact) mass is 296 g/mol. The summed E-state index contributed by atoms with van der Waals surface area (Å²) in [7, 11) is 0. The molecule has 3 rings (SSSR count). The van der Waals surface area contributed by atoms with Gasteiger partial charge < -0.3 is 4.74 Å². The molecular formula is C19H20OS. The Hall–Kier alpha value is -1.72. The molecule has 2 aromatic rings. The zero-order valence-electron chi connectivity index (χ0n) is 13.0. The second-order valence-electron chi connectivity index (χ2n) is 6.00. The van der Waals surface area contributed by atoms with Crippen LogP contribution in [0.1, 0.15) is 40.5 Å². The van der Waals surface area contributed by atoms with Crippen molar-refractivity contribution in [3.63, 3.8) is 0 Å². The Morgan fingerprint density at radius 3 is 2.76 bits per heavy atom. The van der Waals surface area contributed by atoms with Gasteiger partial charge >= 0.3 is 0 Å². The van der Waals surface area contributed by atoms with Gasteiger partial charge in [0.15, 0.2) is 5.60 Å². The van der Waals surface area contributed by atoms with E-state index in [2.05, 4.69) is 57.0 Å². The van der Waals surface area contributed by atoms with Gasteiger partial charge in [0.05, 0.1) is 4.88 Å². The molecule has 1 aromatic carbocycles. The number of fused-ring (bicyclic) bond motifs is 1. The number of rotatable bonds is 0. The van der Waals surface area contributed by atoms with E-state index in [1.165, 1.54) is 22.3 Å². The molecule has 0 saturated heterocycles. The second-order valence-corrected chi connectivity index (χ2v) is 6.95. The Morgan fingerprint density at radius 2 is 2.05 bits per heavy atom. The zero-order valence-corrected chi connectivity index (χ0v) is 13.9. The van der Waals surface area contributed by atoms with Gasteiger partial charge in [-0.1, -0.05) is 18.1 Å². The SMILES string of the molecule is Cc1cc(C)c2c(c1C)OC(C)(C#Cc1cccs1)CC2. The number of benzene rings is 1. The summed E-state index contributed by atoms with van der Waals surface area (Å²) in [4.78, 5) is 1.10. The van der Waals surface area contributed by atoms with Crippen LogP contribution in [0.2, 0.25) is 0 Å². The van der Waals surface area contributed by atoms with Crippen molar-refractivity contribution in [2.45, 2.75) is 46.1 Å². The lowest BCUT2D eigenvalue weighted by molar-refractivity contribution is 0.123. The van der Waals surface area contributed by atoms with Gasteiger partial charge in [-0.25, -0.2) is 0 Å². The third-order valence-electron chi connectivity index (χ3n) is 4.27. The number of aryl methyl sites for hydroxylation is 2. The molecule has 108 valence electrons. The fraction of sp³-hybridized carbons (Fsp3) is 0.368. The maximum Gasteiger partial charge on any atom is 0.167 e. The molecule has 0 bridgehead atoms. The van der Waals surface area contributed by atoms with Gasteiger partial charge in [0, 0.05) is 6.42 Å². The van der Waals surface area contributed by atoms with Crippen molar-refractivity contribution in [3.05, 3.63) is 50.7 Å². The Kier molecular flexibility index (Phi) is 3.55. The second kappa shape index (κ2) is 5.24. The lowest BCUT2D eigenvalue weighted by Gasteiger charge is -2.34.